The summed E-state index contributed by atoms with van der Waals surface area (Å²) in [7, 11) is 0. The van der Waals surface area contributed by atoms with Crippen LogP contribution in [0, 0.1) is 0 Å². The van der Waals surface area contributed by atoms with Gasteiger partial charge in [0.1, 0.15) is 0 Å². The van der Waals surface area contributed by atoms with Gasteiger partial charge >= 0.3 is 0 Å². The maximum absolute atomic E-state index is 5.58. The molecular weight excluding hydrogens is 453 g/mol. The molecule has 2 saturated heterocycles. The molecule has 2 heterocycles. The molecule has 2 rings (SSSR count). The van der Waals surface area contributed by atoms with Crippen LogP contribution in [0.15, 0.2) is 4.99 Å². The fourth-order valence-electron chi connectivity index (χ4n) is 3.24. The van der Waals surface area contributed by atoms with E-state index in [-0.39, 0.29) is 28.7 Å². The van der Waals surface area contributed by atoms with Crippen LogP contribution in [0.2, 0.25) is 0 Å². The summed E-state index contributed by atoms with van der Waals surface area (Å²) in [6.45, 7) is 14.8. The molecular formula is C17H34IN3OS2. The summed E-state index contributed by atoms with van der Waals surface area (Å²) >= 11 is 4.14. The largest absolute Gasteiger partial charge is 0.381 e. The molecule has 0 unspecified atom stereocenters. The first kappa shape index (κ1) is 22.7. The summed E-state index contributed by atoms with van der Waals surface area (Å²) in [5, 5.41) is 3.52. The molecule has 0 aromatic rings. The number of rotatable bonds is 5. The number of aliphatic imine (C=N–C) groups is 1. The van der Waals surface area contributed by atoms with Gasteiger partial charge in [-0.2, -0.15) is 23.5 Å². The molecule has 0 aromatic carbocycles. The van der Waals surface area contributed by atoms with Crippen LogP contribution in [0.25, 0.3) is 0 Å². The van der Waals surface area contributed by atoms with E-state index in [2.05, 4.69) is 61.4 Å². The Morgan fingerprint density at radius 1 is 1.29 bits per heavy atom. The lowest BCUT2D eigenvalue weighted by Crippen LogP contribution is -2.51. The lowest BCUT2D eigenvalue weighted by Gasteiger charge is -2.40. The van der Waals surface area contributed by atoms with E-state index in [4.69, 9.17) is 9.73 Å². The predicted molar refractivity (Wildman–Crippen MR) is 120 cm³/mol. The van der Waals surface area contributed by atoms with Gasteiger partial charge in [-0.05, 0) is 39.4 Å². The molecule has 4 nitrogen and oxygen atoms in total. The van der Waals surface area contributed by atoms with Crippen molar-refractivity contribution in [1.29, 1.82) is 0 Å². The lowest BCUT2D eigenvalue weighted by molar-refractivity contribution is 0.0793. The van der Waals surface area contributed by atoms with Crippen molar-refractivity contribution in [2.45, 2.75) is 50.0 Å². The Morgan fingerprint density at radius 3 is 2.58 bits per heavy atom. The fourth-order valence-corrected chi connectivity index (χ4v) is 5.57. The van der Waals surface area contributed by atoms with Crippen molar-refractivity contribution < 1.29 is 4.74 Å². The molecule has 0 spiro atoms. The highest BCUT2D eigenvalue weighted by Gasteiger charge is 2.33. The van der Waals surface area contributed by atoms with Crippen LogP contribution in [0.1, 0.15) is 40.5 Å². The zero-order valence-electron chi connectivity index (χ0n) is 15.6. The monoisotopic (exact) mass is 487 g/mol. The van der Waals surface area contributed by atoms with Gasteiger partial charge in [-0.15, -0.1) is 24.0 Å². The Labute approximate surface area is 173 Å². The average Bonchev–Trinajstić information content (AvgIpc) is 2.52. The molecule has 0 bridgehead atoms. The van der Waals surface area contributed by atoms with Gasteiger partial charge in [-0.1, -0.05) is 6.92 Å². The van der Waals surface area contributed by atoms with E-state index in [1.54, 1.807) is 0 Å². The fraction of sp³-hybridized carbons (Fsp3) is 0.941. The second-order valence-electron chi connectivity index (χ2n) is 6.93. The molecule has 0 radical (unpaired) electrons. The Kier molecular flexibility index (Phi) is 10.1. The third-order valence-corrected chi connectivity index (χ3v) is 7.17. The Hall–Kier alpha value is 0.660. The van der Waals surface area contributed by atoms with E-state index in [1.165, 1.54) is 5.75 Å². The number of ether oxygens (including phenoxy) is 1. The minimum atomic E-state index is 0. The van der Waals surface area contributed by atoms with E-state index in [0.717, 1.165) is 63.9 Å². The first-order valence-corrected chi connectivity index (χ1v) is 10.9. The molecule has 0 atom stereocenters. The second kappa shape index (κ2) is 10.7. The number of halogens is 1. The molecule has 2 aliphatic rings. The van der Waals surface area contributed by atoms with Crippen molar-refractivity contribution in [2.75, 3.05) is 50.9 Å². The van der Waals surface area contributed by atoms with E-state index in [9.17, 15) is 0 Å². The van der Waals surface area contributed by atoms with E-state index in [1.807, 2.05) is 0 Å². The minimum absolute atomic E-state index is 0. The van der Waals surface area contributed by atoms with Gasteiger partial charge in [0.15, 0.2) is 5.96 Å². The van der Waals surface area contributed by atoms with Crippen LogP contribution >= 0.6 is 47.5 Å². The molecule has 0 saturated carbocycles. The first-order chi connectivity index (χ1) is 11.0. The minimum Gasteiger partial charge on any atom is -0.381 e. The Morgan fingerprint density at radius 2 is 2.00 bits per heavy atom. The lowest BCUT2D eigenvalue weighted by atomic mass is 9.99. The molecule has 0 aromatic heterocycles. The first-order valence-electron chi connectivity index (χ1n) is 8.89. The summed E-state index contributed by atoms with van der Waals surface area (Å²) in [5.74, 6) is 3.43. The molecule has 2 fully saturated rings. The van der Waals surface area contributed by atoms with Crippen molar-refractivity contribution in [3.63, 3.8) is 0 Å². The van der Waals surface area contributed by atoms with Crippen molar-refractivity contribution >= 4 is 53.5 Å². The smallest absolute Gasteiger partial charge is 0.194 e. The summed E-state index contributed by atoms with van der Waals surface area (Å²) in [5.41, 5.74) is 0. The van der Waals surface area contributed by atoms with Crippen molar-refractivity contribution in [1.82, 2.24) is 10.2 Å². The maximum atomic E-state index is 5.58. The normalized spacial score (nSPS) is 23.5. The third-order valence-electron chi connectivity index (χ3n) is 4.43. The van der Waals surface area contributed by atoms with Gasteiger partial charge in [0.05, 0.1) is 6.54 Å². The standard InChI is InChI=1S/C17H33N3OS2.HI/c1-5-18-15(20-9-12-23-16(3,4)14-20)19-13-17(22-6-2)7-10-21-11-8-17;/h5-14H2,1-4H3,(H,18,19);1H. The predicted octanol–water partition coefficient (Wildman–Crippen LogP) is 3.70. The summed E-state index contributed by atoms with van der Waals surface area (Å²) < 4.78 is 6.16. The van der Waals surface area contributed by atoms with Crippen LogP contribution in [-0.2, 0) is 4.74 Å². The highest BCUT2D eigenvalue weighted by molar-refractivity contribution is 14.0. The Balaban J connectivity index is 0.00000288. The van der Waals surface area contributed by atoms with Gasteiger partial charge in [-0.3, -0.25) is 4.99 Å². The van der Waals surface area contributed by atoms with Gasteiger partial charge in [-0.25, -0.2) is 0 Å². The summed E-state index contributed by atoms with van der Waals surface area (Å²) in [6.07, 6.45) is 2.24. The molecule has 142 valence electrons. The van der Waals surface area contributed by atoms with E-state index < -0.39 is 0 Å². The van der Waals surface area contributed by atoms with Gasteiger partial charge < -0.3 is 15.0 Å². The van der Waals surface area contributed by atoms with Crippen LogP contribution < -0.4 is 5.32 Å². The van der Waals surface area contributed by atoms with Gasteiger partial charge in [0.25, 0.3) is 0 Å². The third kappa shape index (κ3) is 6.76. The molecule has 7 heteroatoms. The summed E-state index contributed by atoms with van der Waals surface area (Å²) in [4.78, 5) is 7.51. The van der Waals surface area contributed by atoms with Crippen LogP contribution in [-0.4, -0.2) is 71.3 Å². The molecule has 0 amide bonds. The van der Waals surface area contributed by atoms with Crippen molar-refractivity contribution in [3.05, 3.63) is 0 Å². The topological polar surface area (TPSA) is 36.9 Å². The molecule has 0 aliphatic carbocycles. The van der Waals surface area contributed by atoms with E-state index in [0.29, 0.717) is 4.75 Å². The SMILES string of the molecule is CCNC(=NCC1(SCC)CCOCC1)N1CCSC(C)(C)C1.I. The van der Waals surface area contributed by atoms with Crippen LogP contribution in [0.3, 0.4) is 0 Å². The number of nitrogens with one attached hydrogen (secondary N) is 1. The highest BCUT2D eigenvalue weighted by atomic mass is 127. The number of thioether (sulfide) groups is 2. The highest BCUT2D eigenvalue weighted by Crippen LogP contribution is 2.36. The van der Waals surface area contributed by atoms with Crippen molar-refractivity contribution in [2.24, 2.45) is 4.99 Å². The van der Waals surface area contributed by atoms with Crippen LogP contribution in [0.4, 0.5) is 0 Å². The maximum Gasteiger partial charge on any atom is 0.194 e. The van der Waals surface area contributed by atoms with Crippen LogP contribution in [0.5, 0.6) is 0 Å². The number of nitrogens with zero attached hydrogens (tertiary/aromatic N) is 2. The van der Waals surface area contributed by atoms with Crippen molar-refractivity contribution in [3.8, 4) is 0 Å². The molecule has 1 N–H and O–H groups in total. The molecule has 24 heavy (non-hydrogen) atoms. The average molecular weight is 488 g/mol. The molecule has 2 aliphatic heterocycles. The zero-order valence-corrected chi connectivity index (χ0v) is 19.6. The number of hydrogen-bond donors (Lipinski definition) is 1. The van der Waals surface area contributed by atoms with Gasteiger partial charge in [0.2, 0.25) is 0 Å². The zero-order chi connectivity index (χ0) is 16.8. The second-order valence-corrected chi connectivity index (χ2v) is 10.5. The number of guanidine groups is 1. The van der Waals surface area contributed by atoms with E-state index >= 15 is 0 Å². The Bertz CT molecular complexity index is 396. The summed E-state index contributed by atoms with van der Waals surface area (Å²) in [6, 6.07) is 0. The van der Waals surface area contributed by atoms with Gasteiger partial charge in [0, 0.05) is 48.1 Å². The number of hydrogen-bond acceptors (Lipinski definition) is 4. The quantitative estimate of drug-likeness (QED) is 0.364.